The molecule has 0 saturated carbocycles. The summed E-state index contributed by atoms with van der Waals surface area (Å²) in [4.78, 5) is 25.7. The molecular formula is C10H7N3O2. The van der Waals surface area contributed by atoms with E-state index < -0.39 is 11.2 Å². The van der Waals surface area contributed by atoms with Crippen molar-refractivity contribution >= 4 is 10.9 Å². The fourth-order valence-electron chi connectivity index (χ4n) is 1.41. The molecule has 0 aliphatic rings. The van der Waals surface area contributed by atoms with Gasteiger partial charge in [0.1, 0.15) is 6.54 Å². The number of nitrogens with zero attached hydrogens (tertiary/aromatic N) is 2. The summed E-state index contributed by atoms with van der Waals surface area (Å²) in [6.07, 6.45) is 0. The molecule has 5 nitrogen and oxygen atoms in total. The van der Waals surface area contributed by atoms with Gasteiger partial charge in [0.05, 0.1) is 17.0 Å². The fourth-order valence-corrected chi connectivity index (χ4v) is 1.41. The molecule has 0 saturated heterocycles. The van der Waals surface area contributed by atoms with Crippen LogP contribution in [0.3, 0.4) is 0 Å². The highest BCUT2D eigenvalue weighted by Gasteiger charge is 2.05. The lowest BCUT2D eigenvalue weighted by Crippen LogP contribution is -2.34. The summed E-state index contributed by atoms with van der Waals surface area (Å²) in [5.74, 6) is 0. The van der Waals surface area contributed by atoms with Crippen molar-refractivity contribution in [2.75, 3.05) is 0 Å². The van der Waals surface area contributed by atoms with Gasteiger partial charge in [-0.25, -0.2) is 9.36 Å². The van der Waals surface area contributed by atoms with E-state index in [0.29, 0.717) is 10.9 Å². The van der Waals surface area contributed by atoms with E-state index in [-0.39, 0.29) is 6.54 Å². The van der Waals surface area contributed by atoms with E-state index in [1.807, 2.05) is 0 Å². The molecule has 0 bridgehead atoms. The van der Waals surface area contributed by atoms with Crippen LogP contribution in [0.4, 0.5) is 0 Å². The maximum atomic E-state index is 11.7. The predicted molar refractivity (Wildman–Crippen MR) is 54.4 cm³/mol. The Morgan fingerprint density at radius 2 is 2.07 bits per heavy atom. The van der Waals surface area contributed by atoms with Gasteiger partial charge in [0.15, 0.2) is 0 Å². The summed E-state index contributed by atoms with van der Waals surface area (Å²) in [5, 5.41) is 8.89. The molecule has 1 aromatic carbocycles. The summed E-state index contributed by atoms with van der Waals surface area (Å²) in [5.41, 5.74) is -0.502. The van der Waals surface area contributed by atoms with Gasteiger partial charge in [-0.15, -0.1) is 0 Å². The summed E-state index contributed by atoms with van der Waals surface area (Å²) in [7, 11) is 0. The van der Waals surface area contributed by atoms with Gasteiger partial charge in [-0.1, -0.05) is 12.1 Å². The second-order valence-corrected chi connectivity index (χ2v) is 3.03. The average Bonchev–Trinajstić information content (AvgIpc) is 2.24. The van der Waals surface area contributed by atoms with Crippen LogP contribution in [0.25, 0.3) is 10.9 Å². The third-order valence-corrected chi connectivity index (χ3v) is 2.12. The van der Waals surface area contributed by atoms with Crippen molar-refractivity contribution in [3.63, 3.8) is 0 Å². The summed E-state index contributed by atoms with van der Waals surface area (Å²) < 4.78 is 0.877. The van der Waals surface area contributed by atoms with Crippen molar-refractivity contribution in [2.24, 2.45) is 0 Å². The largest absolute Gasteiger partial charge is 0.329 e. The average molecular weight is 201 g/mol. The number of fused-ring (bicyclic) bond motifs is 1. The fraction of sp³-hybridized carbons (Fsp3) is 0.100. The van der Waals surface area contributed by atoms with Crippen LogP contribution in [0.1, 0.15) is 0 Å². The van der Waals surface area contributed by atoms with Gasteiger partial charge < -0.3 is 4.98 Å². The van der Waals surface area contributed by atoms with Crippen molar-refractivity contribution in [1.82, 2.24) is 9.55 Å². The molecule has 0 aliphatic carbocycles. The van der Waals surface area contributed by atoms with Crippen LogP contribution in [0.5, 0.6) is 0 Å². The number of H-pyrrole nitrogens is 1. The summed E-state index contributed by atoms with van der Waals surface area (Å²) in [6, 6.07) is 8.47. The number of nitrogens with one attached hydrogen (secondary N) is 1. The molecule has 0 atom stereocenters. The minimum absolute atomic E-state index is 0.237. The topological polar surface area (TPSA) is 78.7 Å². The van der Waals surface area contributed by atoms with Crippen LogP contribution in [-0.2, 0) is 6.54 Å². The lowest BCUT2D eigenvalue weighted by atomic mass is 10.2. The molecule has 15 heavy (non-hydrogen) atoms. The smallest absolute Gasteiger partial charge is 0.307 e. The SMILES string of the molecule is N#CCn1c(=O)[nH]c2ccccc2c1=O. The number of hydrogen-bond acceptors (Lipinski definition) is 3. The second kappa shape index (κ2) is 3.42. The highest BCUT2D eigenvalue weighted by molar-refractivity contribution is 5.76. The van der Waals surface area contributed by atoms with Crippen LogP contribution in [0.15, 0.2) is 33.9 Å². The molecule has 0 unspecified atom stereocenters. The molecule has 74 valence electrons. The Morgan fingerprint density at radius 3 is 2.80 bits per heavy atom. The molecule has 0 radical (unpaired) electrons. The van der Waals surface area contributed by atoms with Crippen molar-refractivity contribution in [3.05, 3.63) is 45.1 Å². The van der Waals surface area contributed by atoms with Gasteiger partial charge in [0, 0.05) is 0 Å². The first-order valence-corrected chi connectivity index (χ1v) is 4.33. The number of benzene rings is 1. The van der Waals surface area contributed by atoms with E-state index in [1.165, 1.54) is 0 Å². The van der Waals surface area contributed by atoms with Gasteiger partial charge in [-0.2, -0.15) is 5.26 Å². The second-order valence-electron chi connectivity index (χ2n) is 3.03. The third-order valence-electron chi connectivity index (χ3n) is 2.12. The zero-order valence-corrected chi connectivity index (χ0v) is 7.73. The first-order chi connectivity index (χ1) is 7.24. The summed E-state index contributed by atoms with van der Waals surface area (Å²) >= 11 is 0. The normalized spacial score (nSPS) is 10.1. The molecule has 0 aliphatic heterocycles. The maximum Gasteiger partial charge on any atom is 0.329 e. The minimum Gasteiger partial charge on any atom is -0.307 e. The van der Waals surface area contributed by atoms with Gasteiger partial charge in [0.2, 0.25) is 0 Å². The highest BCUT2D eigenvalue weighted by Crippen LogP contribution is 2.02. The number of aromatic nitrogens is 2. The Balaban J connectivity index is 2.92. The van der Waals surface area contributed by atoms with Crippen LogP contribution in [-0.4, -0.2) is 9.55 Å². The molecule has 0 amide bonds. The minimum atomic E-state index is -0.555. The maximum absolute atomic E-state index is 11.7. The Morgan fingerprint density at radius 1 is 1.33 bits per heavy atom. The third kappa shape index (κ3) is 1.42. The van der Waals surface area contributed by atoms with E-state index in [2.05, 4.69) is 4.98 Å². The molecule has 1 heterocycles. The Bertz CT molecular complexity index is 661. The Hall–Kier alpha value is -2.35. The molecule has 0 fully saturated rings. The molecule has 1 aromatic heterocycles. The molecular weight excluding hydrogens is 194 g/mol. The van der Waals surface area contributed by atoms with E-state index in [1.54, 1.807) is 30.3 Å². The van der Waals surface area contributed by atoms with Crippen molar-refractivity contribution in [2.45, 2.75) is 6.54 Å². The van der Waals surface area contributed by atoms with Gasteiger partial charge in [-0.05, 0) is 12.1 Å². The zero-order chi connectivity index (χ0) is 10.8. The zero-order valence-electron chi connectivity index (χ0n) is 7.73. The number of nitriles is 1. The molecule has 2 aromatic rings. The van der Waals surface area contributed by atoms with Crippen LogP contribution >= 0.6 is 0 Å². The number of para-hydroxylation sites is 1. The molecule has 5 heteroatoms. The van der Waals surface area contributed by atoms with Crippen LogP contribution < -0.4 is 11.2 Å². The van der Waals surface area contributed by atoms with E-state index >= 15 is 0 Å². The van der Waals surface area contributed by atoms with E-state index in [0.717, 1.165) is 4.57 Å². The van der Waals surface area contributed by atoms with E-state index in [4.69, 9.17) is 5.26 Å². The van der Waals surface area contributed by atoms with Crippen LogP contribution in [0.2, 0.25) is 0 Å². The lowest BCUT2D eigenvalue weighted by molar-refractivity contribution is 0.735. The Labute approximate surface area is 84.2 Å². The first-order valence-electron chi connectivity index (χ1n) is 4.33. The predicted octanol–water partition coefficient (Wildman–Crippen LogP) is 0.213. The monoisotopic (exact) mass is 201 g/mol. The van der Waals surface area contributed by atoms with Gasteiger partial charge in [-0.3, -0.25) is 4.79 Å². The van der Waals surface area contributed by atoms with Gasteiger partial charge in [0.25, 0.3) is 5.56 Å². The van der Waals surface area contributed by atoms with Crippen molar-refractivity contribution < 1.29 is 0 Å². The molecule has 0 spiro atoms. The Kier molecular flexibility index (Phi) is 2.10. The van der Waals surface area contributed by atoms with E-state index in [9.17, 15) is 9.59 Å². The lowest BCUT2D eigenvalue weighted by Gasteiger charge is -2.00. The highest BCUT2D eigenvalue weighted by atomic mass is 16.2. The van der Waals surface area contributed by atoms with Crippen molar-refractivity contribution in [1.29, 1.82) is 5.26 Å². The molecule has 1 N–H and O–H groups in total. The first kappa shape index (κ1) is 9.21. The number of aromatic amines is 1. The summed E-state index contributed by atoms with van der Waals surface area (Å²) in [6.45, 7) is -0.237. The molecule has 2 rings (SSSR count). The van der Waals surface area contributed by atoms with Gasteiger partial charge >= 0.3 is 5.69 Å². The standard InChI is InChI=1S/C10H7N3O2/c11-5-6-13-9(14)7-3-1-2-4-8(7)12-10(13)15/h1-4H,6H2,(H,12,15). The quantitative estimate of drug-likeness (QED) is 0.716. The van der Waals surface area contributed by atoms with Crippen molar-refractivity contribution in [3.8, 4) is 6.07 Å². The van der Waals surface area contributed by atoms with Crippen LogP contribution in [0, 0.1) is 11.3 Å². The number of hydrogen-bond donors (Lipinski definition) is 1. The number of rotatable bonds is 1.